The molecule has 0 aromatic rings. The Kier molecular flexibility index (Phi) is 5.39. The molecule has 0 bridgehead atoms. The van der Waals surface area contributed by atoms with Gasteiger partial charge in [-0.1, -0.05) is 0 Å². The van der Waals surface area contributed by atoms with E-state index in [0.29, 0.717) is 19.5 Å². The molecule has 1 fully saturated rings. The first-order chi connectivity index (χ1) is 7.27. The van der Waals surface area contributed by atoms with Crippen LogP contribution in [0.1, 0.15) is 19.3 Å². The minimum atomic E-state index is -0.388. The van der Waals surface area contributed by atoms with Crippen LogP contribution in [0.25, 0.3) is 0 Å². The third kappa shape index (κ3) is 4.03. The number of halogens is 1. The lowest BCUT2D eigenvalue weighted by molar-refractivity contribution is 0.0435. The monoisotopic (exact) mass is 218 g/mol. The van der Waals surface area contributed by atoms with Gasteiger partial charge in [0.2, 0.25) is 0 Å². The van der Waals surface area contributed by atoms with Crippen molar-refractivity contribution in [2.24, 2.45) is 0 Å². The van der Waals surface area contributed by atoms with Gasteiger partial charge in [-0.2, -0.15) is 0 Å². The number of ether oxygens (including phenoxy) is 1. The molecule has 0 aliphatic carbocycles. The van der Waals surface area contributed by atoms with Crippen molar-refractivity contribution in [2.75, 3.05) is 33.4 Å². The van der Waals surface area contributed by atoms with Crippen LogP contribution in [0.3, 0.4) is 0 Å². The first kappa shape index (κ1) is 12.2. The highest BCUT2D eigenvalue weighted by Gasteiger charge is 2.22. The number of hydrogen-bond donors (Lipinski definition) is 1. The maximum atomic E-state index is 11.8. The number of nitrogens with zero attached hydrogens (tertiary/aromatic N) is 1. The van der Waals surface area contributed by atoms with Gasteiger partial charge in [-0.05, 0) is 19.3 Å². The number of carbonyl (C=O) groups excluding carboxylic acids is 1. The molecule has 1 atom stereocenters. The van der Waals surface area contributed by atoms with Crippen molar-refractivity contribution >= 4 is 6.03 Å². The third-order valence-electron chi connectivity index (χ3n) is 2.59. The molecule has 2 amide bonds. The summed E-state index contributed by atoms with van der Waals surface area (Å²) < 4.78 is 17.0. The van der Waals surface area contributed by atoms with Crippen LogP contribution in [0.5, 0.6) is 0 Å². The standard InChI is InChI=1S/C10H19FN2O2/c1-15-9-4-2-7-13(8-9)10(14)12-6-3-5-11/h9H,2-8H2,1H3,(H,12,14)/t9-/m1/s1. The molecule has 0 aromatic carbocycles. The summed E-state index contributed by atoms with van der Waals surface area (Å²) in [4.78, 5) is 13.3. The first-order valence-corrected chi connectivity index (χ1v) is 5.39. The molecule has 1 saturated heterocycles. The van der Waals surface area contributed by atoms with Crippen LogP contribution in [0.2, 0.25) is 0 Å². The van der Waals surface area contributed by atoms with E-state index >= 15 is 0 Å². The number of hydrogen-bond acceptors (Lipinski definition) is 2. The van der Waals surface area contributed by atoms with Crippen LogP contribution in [0, 0.1) is 0 Å². The van der Waals surface area contributed by atoms with Crippen LogP contribution in [-0.2, 0) is 4.74 Å². The van der Waals surface area contributed by atoms with Gasteiger partial charge in [-0.25, -0.2) is 4.79 Å². The molecule has 0 aromatic heterocycles. The summed E-state index contributed by atoms with van der Waals surface area (Å²) in [6.45, 7) is 1.42. The van der Waals surface area contributed by atoms with Crippen LogP contribution in [0.15, 0.2) is 0 Å². The van der Waals surface area contributed by atoms with Crippen molar-refractivity contribution in [3.8, 4) is 0 Å². The van der Waals surface area contributed by atoms with Crippen molar-refractivity contribution in [3.05, 3.63) is 0 Å². The summed E-state index contributed by atoms with van der Waals surface area (Å²) in [7, 11) is 1.66. The number of urea groups is 1. The Morgan fingerprint density at radius 1 is 1.67 bits per heavy atom. The molecule has 4 nitrogen and oxygen atoms in total. The van der Waals surface area contributed by atoms with Gasteiger partial charge in [-0.15, -0.1) is 0 Å². The maximum absolute atomic E-state index is 11.8. The average Bonchev–Trinajstić information content (AvgIpc) is 2.29. The van der Waals surface area contributed by atoms with Crippen LogP contribution >= 0.6 is 0 Å². The average molecular weight is 218 g/mol. The van der Waals surface area contributed by atoms with Gasteiger partial charge in [0, 0.05) is 26.7 Å². The number of methoxy groups -OCH3 is 1. The van der Waals surface area contributed by atoms with Crippen LogP contribution in [0.4, 0.5) is 9.18 Å². The lowest BCUT2D eigenvalue weighted by atomic mass is 10.1. The summed E-state index contributed by atoms with van der Waals surface area (Å²) in [6.07, 6.45) is 2.50. The highest BCUT2D eigenvalue weighted by Crippen LogP contribution is 2.12. The lowest BCUT2D eigenvalue weighted by Gasteiger charge is -2.31. The molecule has 0 spiro atoms. The second-order valence-corrected chi connectivity index (χ2v) is 3.72. The van der Waals surface area contributed by atoms with E-state index < -0.39 is 0 Å². The molecular formula is C10H19FN2O2. The summed E-state index contributed by atoms with van der Waals surface area (Å²) in [6, 6.07) is -0.106. The van der Waals surface area contributed by atoms with E-state index in [4.69, 9.17) is 4.74 Å². The van der Waals surface area contributed by atoms with Gasteiger partial charge >= 0.3 is 6.03 Å². The molecule has 0 unspecified atom stereocenters. The Bertz CT molecular complexity index is 202. The summed E-state index contributed by atoms with van der Waals surface area (Å²) in [5.74, 6) is 0. The van der Waals surface area contributed by atoms with Crippen molar-refractivity contribution < 1.29 is 13.9 Å². The number of piperidine rings is 1. The smallest absolute Gasteiger partial charge is 0.317 e. The van der Waals surface area contributed by atoms with Crippen LogP contribution < -0.4 is 5.32 Å². The largest absolute Gasteiger partial charge is 0.380 e. The van der Waals surface area contributed by atoms with Gasteiger partial charge in [0.25, 0.3) is 0 Å². The molecule has 1 aliphatic heterocycles. The molecule has 5 heteroatoms. The van der Waals surface area contributed by atoms with E-state index in [2.05, 4.69) is 5.32 Å². The molecule has 1 rings (SSSR count). The summed E-state index contributed by atoms with van der Waals surface area (Å²) in [5, 5.41) is 2.69. The Labute approximate surface area is 89.8 Å². The molecule has 0 radical (unpaired) electrons. The Morgan fingerprint density at radius 2 is 2.47 bits per heavy atom. The topological polar surface area (TPSA) is 41.6 Å². The quantitative estimate of drug-likeness (QED) is 0.720. The van der Waals surface area contributed by atoms with Crippen molar-refractivity contribution in [1.82, 2.24) is 10.2 Å². The van der Waals surface area contributed by atoms with E-state index in [9.17, 15) is 9.18 Å². The highest BCUT2D eigenvalue weighted by molar-refractivity contribution is 5.74. The fourth-order valence-electron chi connectivity index (χ4n) is 1.69. The summed E-state index contributed by atoms with van der Waals surface area (Å²) in [5.41, 5.74) is 0. The van der Waals surface area contributed by atoms with E-state index in [0.717, 1.165) is 19.4 Å². The molecule has 1 aliphatic rings. The predicted octanol–water partition coefficient (Wildman–Crippen LogP) is 1.17. The fourth-order valence-corrected chi connectivity index (χ4v) is 1.69. The SMILES string of the molecule is CO[C@@H]1CCCN(C(=O)NCCCF)C1. The van der Waals surface area contributed by atoms with E-state index in [1.165, 1.54) is 0 Å². The first-order valence-electron chi connectivity index (χ1n) is 5.39. The lowest BCUT2D eigenvalue weighted by Crippen LogP contribution is -2.47. The Balaban J connectivity index is 2.25. The minimum absolute atomic E-state index is 0.106. The molecular weight excluding hydrogens is 199 g/mol. The molecule has 1 N–H and O–H groups in total. The molecule has 1 heterocycles. The van der Waals surface area contributed by atoms with Gasteiger partial charge in [-0.3, -0.25) is 4.39 Å². The normalized spacial score (nSPS) is 21.5. The van der Waals surface area contributed by atoms with Crippen molar-refractivity contribution in [2.45, 2.75) is 25.4 Å². The molecule has 88 valence electrons. The number of rotatable bonds is 4. The predicted molar refractivity (Wildman–Crippen MR) is 55.6 cm³/mol. The van der Waals surface area contributed by atoms with E-state index in [1.54, 1.807) is 12.0 Å². The maximum Gasteiger partial charge on any atom is 0.317 e. The van der Waals surface area contributed by atoms with Gasteiger partial charge in [0.15, 0.2) is 0 Å². The number of nitrogens with one attached hydrogen (secondary N) is 1. The zero-order valence-corrected chi connectivity index (χ0v) is 9.17. The van der Waals surface area contributed by atoms with E-state index in [1.807, 2.05) is 0 Å². The molecule has 0 saturated carbocycles. The van der Waals surface area contributed by atoms with Crippen LogP contribution in [-0.4, -0.2) is 50.5 Å². The van der Waals surface area contributed by atoms with Gasteiger partial charge in [0.1, 0.15) is 0 Å². The van der Waals surface area contributed by atoms with Crippen molar-refractivity contribution in [3.63, 3.8) is 0 Å². The Hall–Kier alpha value is -0.840. The van der Waals surface area contributed by atoms with Gasteiger partial charge < -0.3 is 15.0 Å². The van der Waals surface area contributed by atoms with Gasteiger partial charge in [0.05, 0.1) is 12.8 Å². The second kappa shape index (κ2) is 6.61. The Morgan fingerprint density at radius 3 is 3.13 bits per heavy atom. The highest BCUT2D eigenvalue weighted by atomic mass is 19.1. The molecule has 15 heavy (non-hydrogen) atoms. The number of alkyl halides is 1. The summed E-state index contributed by atoms with van der Waals surface area (Å²) >= 11 is 0. The fraction of sp³-hybridized carbons (Fsp3) is 0.900. The van der Waals surface area contributed by atoms with Crippen molar-refractivity contribution in [1.29, 1.82) is 0 Å². The zero-order chi connectivity index (χ0) is 11.1. The number of carbonyl (C=O) groups is 1. The third-order valence-corrected chi connectivity index (χ3v) is 2.59. The second-order valence-electron chi connectivity index (χ2n) is 3.72. The number of amides is 2. The van der Waals surface area contributed by atoms with E-state index in [-0.39, 0.29) is 18.8 Å². The zero-order valence-electron chi connectivity index (χ0n) is 9.17. The minimum Gasteiger partial charge on any atom is -0.380 e. The number of likely N-dealkylation sites (tertiary alicyclic amines) is 1.